The van der Waals surface area contributed by atoms with Gasteiger partial charge in [-0.2, -0.15) is 0 Å². The van der Waals surface area contributed by atoms with Gasteiger partial charge in [-0.3, -0.25) is 4.90 Å². The molecular formula is C21H22N2O5. The van der Waals surface area contributed by atoms with E-state index >= 15 is 0 Å². The Morgan fingerprint density at radius 1 is 1.29 bits per heavy atom. The minimum absolute atomic E-state index is 0.246. The van der Waals surface area contributed by atoms with Crippen molar-refractivity contribution < 1.29 is 23.8 Å². The zero-order chi connectivity index (χ0) is 19.9. The molecule has 0 radical (unpaired) electrons. The van der Waals surface area contributed by atoms with Crippen molar-refractivity contribution in [1.82, 2.24) is 5.32 Å². The fraction of sp³-hybridized carbons (Fsp3) is 0.333. The van der Waals surface area contributed by atoms with E-state index in [1.54, 1.807) is 23.1 Å². The van der Waals surface area contributed by atoms with Gasteiger partial charge in [-0.1, -0.05) is 0 Å². The van der Waals surface area contributed by atoms with Crippen molar-refractivity contribution in [1.29, 1.82) is 0 Å². The summed E-state index contributed by atoms with van der Waals surface area (Å²) in [7, 11) is 1.34. The largest absolute Gasteiger partial charge is 0.494 e. The molecule has 7 nitrogen and oxygen atoms in total. The molecule has 0 aliphatic carbocycles. The van der Waals surface area contributed by atoms with Crippen molar-refractivity contribution in [2.24, 2.45) is 0 Å². The maximum atomic E-state index is 12.9. The number of ether oxygens (including phenoxy) is 3. The summed E-state index contributed by atoms with van der Waals surface area (Å²) < 4.78 is 16.5. The minimum atomic E-state index is -0.847. The molecule has 2 aromatic carbocycles. The first-order chi connectivity index (χ1) is 13.4. The lowest BCUT2D eigenvalue weighted by atomic mass is 9.89. The van der Waals surface area contributed by atoms with Crippen LogP contribution in [-0.2, 0) is 4.74 Å². The number of carbonyl (C=O) groups is 2. The third-order valence-corrected chi connectivity index (χ3v) is 5.10. The second kappa shape index (κ2) is 6.74. The molecule has 2 aromatic rings. The highest BCUT2D eigenvalue weighted by molar-refractivity contribution is 5.95. The lowest BCUT2D eigenvalue weighted by Gasteiger charge is -2.50. The van der Waals surface area contributed by atoms with Crippen LogP contribution in [0.4, 0.5) is 10.5 Å². The van der Waals surface area contributed by atoms with E-state index in [1.807, 2.05) is 38.1 Å². The number of methoxy groups -OCH3 is 1. The number of amides is 2. The van der Waals surface area contributed by atoms with Crippen LogP contribution in [0.1, 0.15) is 42.2 Å². The number of carbonyl (C=O) groups excluding carboxylic acids is 2. The summed E-state index contributed by atoms with van der Waals surface area (Å²) in [6, 6.07) is 12.0. The normalized spacial score (nSPS) is 22.6. The number of rotatable bonds is 4. The van der Waals surface area contributed by atoms with E-state index < -0.39 is 11.7 Å². The summed E-state index contributed by atoms with van der Waals surface area (Å²) in [5, 5.41) is 3.03. The standard InChI is InChI=1S/C21H22N2O5/c1-4-27-15-8-6-14(7-9-15)23-20(25)22-17-12-21(23,2)28-18-10-5-13(11-16(17)18)19(24)26-3/h5-11,17H,4,12H2,1-3H3,(H,22,25)/t17-,21-/m1/s1. The van der Waals surface area contributed by atoms with Crippen molar-refractivity contribution >= 4 is 17.7 Å². The second-order valence-corrected chi connectivity index (χ2v) is 6.99. The number of anilines is 1. The fourth-order valence-corrected chi connectivity index (χ4v) is 3.87. The number of nitrogens with one attached hydrogen (secondary N) is 1. The molecule has 2 heterocycles. The van der Waals surface area contributed by atoms with Crippen LogP contribution in [-0.4, -0.2) is 31.4 Å². The van der Waals surface area contributed by atoms with E-state index in [0.717, 1.165) is 17.0 Å². The molecule has 2 amide bonds. The van der Waals surface area contributed by atoms with Crippen molar-refractivity contribution in [3.8, 4) is 11.5 Å². The van der Waals surface area contributed by atoms with Gasteiger partial charge in [-0.25, -0.2) is 9.59 Å². The summed E-state index contributed by atoms with van der Waals surface area (Å²) in [6.45, 7) is 4.40. The molecule has 2 atom stereocenters. The Hall–Kier alpha value is -3.22. The highest BCUT2D eigenvalue weighted by atomic mass is 16.5. The molecule has 2 bridgehead atoms. The van der Waals surface area contributed by atoms with E-state index in [-0.39, 0.29) is 12.1 Å². The number of nitrogens with zero attached hydrogens (tertiary/aromatic N) is 1. The number of hydrogen-bond donors (Lipinski definition) is 1. The molecule has 7 heteroatoms. The number of esters is 1. The van der Waals surface area contributed by atoms with E-state index in [4.69, 9.17) is 14.2 Å². The third-order valence-electron chi connectivity index (χ3n) is 5.10. The van der Waals surface area contributed by atoms with Crippen molar-refractivity contribution in [3.05, 3.63) is 53.6 Å². The van der Waals surface area contributed by atoms with E-state index in [2.05, 4.69) is 5.32 Å². The molecule has 1 fully saturated rings. The van der Waals surface area contributed by atoms with Gasteiger partial charge >= 0.3 is 12.0 Å². The van der Waals surface area contributed by atoms with Crippen LogP contribution in [0.25, 0.3) is 0 Å². The highest BCUT2D eigenvalue weighted by Crippen LogP contribution is 2.45. The van der Waals surface area contributed by atoms with Gasteiger partial charge in [0.05, 0.1) is 25.3 Å². The van der Waals surface area contributed by atoms with Gasteiger partial charge in [0.25, 0.3) is 0 Å². The SMILES string of the molecule is CCOc1ccc(N2C(=O)N[C@@H]3C[C@@]2(C)Oc2ccc(C(=O)OC)cc23)cc1. The topological polar surface area (TPSA) is 77.1 Å². The number of urea groups is 1. The van der Waals surface area contributed by atoms with Crippen molar-refractivity contribution in [2.75, 3.05) is 18.6 Å². The Bertz CT molecular complexity index is 927. The quantitative estimate of drug-likeness (QED) is 0.817. The van der Waals surface area contributed by atoms with Crippen LogP contribution in [0.3, 0.4) is 0 Å². The molecule has 1 N–H and O–H groups in total. The third kappa shape index (κ3) is 2.93. The second-order valence-electron chi connectivity index (χ2n) is 6.99. The van der Waals surface area contributed by atoms with E-state index in [0.29, 0.717) is 24.3 Å². The average molecular weight is 382 g/mol. The van der Waals surface area contributed by atoms with Gasteiger partial charge in [0.1, 0.15) is 11.5 Å². The summed E-state index contributed by atoms with van der Waals surface area (Å²) in [4.78, 5) is 26.4. The molecule has 2 aliphatic heterocycles. The summed E-state index contributed by atoms with van der Waals surface area (Å²) in [5.41, 5.74) is 1.08. The first-order valence-electron chi connectivity index (χ1n) is 9.20. The zero-order valence-corrected chi connectivity index (χ0v) is 16.0. The molecule has 28 heavy (non-hydrogen) atoms. The lowest BCUT2D eigenvalue weighted by Crippen LogP contribution is -2.65. The van der Waals surface area contributed by atoms with Crippen molar-refractivity contribution in [3.63, 3.8) is 0 Å². The maximum absolute atomic E-state index is 12.9. The number of fused-ring (bicyclic) bond motifs is 4. The molecule has 0 spiro atoms. The van der Waals surface area contributed by atoms with Crippen LogP contribution < -0.4 is 19.7 Å². The van der Waals surface area contributed by atoms with Gasteiger partial charge in [-0.15, -0.1) is 0 Å². The predicted molar refractivity (Wildman–Crippen MR) is 103 cm³/mol. The van der Waals surface area contributed by atoms with Gasteiger partial charge in [-0.05, 0) is 56.3 Å². The lowest BCUT2D eigenvalue weighted by molar-refractivity contribution is 0.0377. The Balaban J connectivity index is 1.68. The number of hydrogen-bond acceptors (Lipinski definition) is 5. The first-order valence-corrected chi connectivity index (χ1v) is 9.20. The van der Waals surface area contributed by atoms with Crippen LogP contribution >= 0.6 is 0 Å². The van der Waals surface area contributed by atoms with Gasteiger partial charge in [0.15, 0.2) is 5.72 Å². The van der Waals surface area contributed by atoms with Crippen LogP contribution in [0.2, 0.25) is 0 Å². The molecule has 0 aromatic heterocycles. The Kier molecular flexibility index (Phi) is 4.37. The molecule has 0 unspecified atom stereocenters. The Morgan fingerprint density at radius 3 is 2.71 bits per heavy atom. The summed E-state index contributed by atoms with van der Waals surface area (Å²) >= 11 is 0. The zero-order valence-electron chi connectivity index (χ0n) is 16.0. The average Bonchev–Trinajstić information content (AvgIpc) is 2.68. The van der Waals surface area contributed by atoms with Crippen LogP contribution in [0.5, 0.6) is 11.5 Å². The number of benzene rings is 2. The van der Waals surface area contributed by atoms with Gasteiger partial charge in [0.2, 0.25) is 0 Å². The maximum Gasteiger partial charge on any atom is 0.337 e. The van der Waals surface area contributed by atoms with E-state index in [9.17, 15) is 9.59 Å². The van der Waals surface area contributed by atoms with Crippen molar-refractivity contribution in [2.45, 2.75) is 32.0 Å². The Morgan fingerprint density at radius 2 is 2.04 bits per heavy atom. The van der Waals surface area contributed by atoms with Gasteiger partial charge < -0.3 is 19.5 Å². The minimum Gasteiger partial charge on any atom is -0.494 e. The van der Waals surface area contributed by atoms with E-state index in [1.165, 1.54) is 7.11 Å². The van der Waals surface area contributed by atoms with Gasteiger partial charge in [0, 0.05) is 17.7 Å². The molecular weight excluding hydrogens is 360 g/mol. The van der Waals surface area contributed by atoms with Crippen LogP contribution in [0.15, 0.2) is 42.5 Å². The molecule has 4 rings (SSSR count). The Labute approximate surface area is 163 Å². The smallest absolute Gasteiger partial charge is 0.337 e. The molecule has 1 saturated heterocycles. The monoisotopic (exact) mass is 382 g/mol. The fourth-order valence-electron chi connectivity index (χ4n) is 3.87. The summed E-state index contributed by atoms with van der Waals surface area (Å²) in [5.74, 6) is 0.966. The predicted octanol–water partition coefficient (Wildman–Crippen LogP) is 3.64. The molecule has 146 valence electrons. The summed E-state index contributed by atoms with van der Waals surface area (Å²) in [6.07, 6.45) is 0.545. The molecule has 0 saturated carbocycles. The first kappa shape index (κ1) is 18.2. The highest BCUT2D eigenvalue weighted by Gasteiger charge is 2.50. The molecule has 2 aliphatic rings. The van der Waals surface area contributed by atoms with Crippen LogP contribution in [0, 0.1) is 0 Å².